The molecule has 0 saturated heterocycles. The first-order chi connectivity index (χ1) is 6.52. The van der Waals surface area contributed by atoms with Gasteiger partial charge in [-0.15, -0.1) is 0 Å². The van der Waals surface area contributed by atoms with E-state index in [1.54, 1.807) is 12.1 Å². The number of hydrogen-bond donors (Lipinski definition) is 3. The lowest BCUT2D eigenvalue weighted by Gasteiger charge is -2.12. The molecule has 5 heteroatoms. The molecule has 4 nitrogen and oxygen atoms in total. The summed E-state index contributed by atoms with van der Waals surface area (Å²) >= 11 is 3.20. The van der Waals surface area contributed by atoms with Crippen molar-refractivity contribution in [1.82, 2.24) is 0 Å². The van der Waals surface area contributed by atoms with Crippen LogP contribution in [0.2, 0.25) is 0 Å². The third-order valence-electron chi connectivity index (χ3n) is 1.80. The van der Waals surface area contributed by atoms with Crippen molar-refractivity contribution in [2.75, 3.05) is 0 Å². The van der Waals surface area contributed by atoms with Gasteiger partial charge in [0.25, 0.3) is 0 Å². The van der Waals surface area contributed by atoms with Gasteiger partial charge < -0.3 is 15.9 Å². The first-order valence-corrected chi connectivity index (χ1v) is 4.76. The zero-order chi connectivity index (χ0) is 10.7. The fourth-order valence-corrected chi connectivity index (χ4v) is 1.83. The molecule has 0 radical (unpaired) electrons. The summed E-state index contributed by atoms with van der Waals surface area (Å²) in [4.78, 5) is 10.4. The molecule has 4 N–H and O–H groups in total. The van der Waals surface area contributed by atoms with Gasteiger partial charge in [0.05, 0.1) is 6.42 Å². The zero-order valence-corrected chi connectivity index (χ0v) is 8.86. The Morgan fingerprint density at radius 1 is 1.57 bits per heavy atom. The minimum atomic E-state index is -0.993. The molecule has 1 aromatic carbocycles. The van der Waals surface area contributed by atoms with Crippen LogP contribution in [0.1, 0.15) is 18.0 Å². The molecule has 14 heavy (non-hydrogen) atoms. The third kappa shape index (κ3) is 2.46. The molecule has 0 aliphatic heterocycles. The Bertz CT molecular complexity index is 334. The van der Waals surface area contributed by atoms with Gasteiger partial charge >= 0.3 is 5.97 Å². The van der Waals surface area contributed by atoms with Gasteiger partial charge in [0.15, 0.2) is 0 Å². The summed E-state index contributed by atoms with van der Waals surface area (Å²) in [6, 6.07) is 4.12. The van der Waals surface area contributed by atoms with Crippen LogP contribution in [-0.4, -0.2) is 16.2 Å². The maximum atomic E-state index is 10.4. The minimum Gasteiger partial charge on any atom is -0.508 e. The van der Waals surface area contributed by atoms with E-state index in [2.05, 4.69) is 15.9 Å². The summed E-state index contributed by atoms with van der Waals surface area (Å²) in [6.07, 6.45) is -0.212. The fourth-order valence-electron chi connectivity index (χ4n) is 1.18. The summed E-state index contributed by atoms with van der Waals surface area (Å²) in [7, 11) is 0. The van der Waals surface area contributed by atoms with E-state index in [0.717, 1.165) is 0 Å². The van der Waals surface area contributed by atoms with Crippen LogP contribution in [0.25, 0.3) is 0 Å². The Kier molecular flexibility index (Phi) is 3.49. The number of aliphatic carboxylic acids is 1. The number of halogens is 1. The molecule has 1 aromatic rings. The molecule has 1 rings (SSSR count). The molecule has 0 fully saturated rings. The molecule has 76 valence electrons. The SMILES string of the molecule is NC(CC(=O)O)c1c(O)cccc1Br. The summed E-state index contributed by atoms with van der Waals surface area (Å²) in [6.45, 7) is 0. The Morgan fingerprint density at radius 2 is 2.21 bits per heavy atom. The molecule has 0 aliphatic carbocycles. The van der Waals surface area contributed by atoms with E-state index in [9.17, 15) is 9.90 Å². The normalized spacial score (nSPS) is 12.4. The zero-order valence-electron chi connectivity index (χ0n) is 7.27. The Hall–Kier alpha value is -1.07. The number of phenols is 1. The van der Waals surface area contributed by atoms with Crippen molar-refractivity contribution in [3.05, 3.63) is 28.2 Å². The summed E-state index contributed by atoms with van der Waals surface area (Å²) in [5, 5.41) is 18.0. The first kappa shape index (κ1) is 11.0. The van der Waals surface area contributed by atoms with E-state index in [0.29, 0.717) is 10.0 Å². The number of carbonyl (C=O) groups is 1. The van der Waals surface area contributed by atoms with Gasteiger partial charge in [-0.1, -0.05) is 22.0 Å². The van der Waals surface area contributed by atoms with Gasteiger partial charge in [-0.3, -0.25) is 4.79 Å². The molecule has 1 unspecified atom stereocenters. The van der Waals surface area contributed by atoms with Crippen LogP contribution in [0.4, 0.5) is 0 Å². The highest BCUT2D eigenvalue weighted by Gasteiger charge is 2.16. The van der Waals surface area contributed by atoms with Crippen molar-refractivity contribution in [3.63, 3.8) is 0 Å². The fraction of sp³-hybridized carbons (Fsp3) is 0.222. The number of nitrogens with two attached hydrogens (primary N) is 1. The van der Waals surface area contributed by atoms with Crippen LogP contribution < -0.4 is 5.73 Å². The molecule has 0 aromatic heterocycles. The number of hydrogen-bond acceptors (Lipinski definition) is 3. The van der Waals surface area contributed by atoms with Crippen molar-refractivity contribution in [1.29, 1.82) is 0 Å². The number of carboxylic acids is 1. The molecule has 1 atom stereocenters. The highest BCUT2D eigenvalue weighted by atomic mass is 79.9. The van der Waals surface area contributed by atoms with Gasteiger partial charge in [0.1, 0.15) is 5.75 Å². The average molecular weight is 260 g/mol. The third-order valence-corrected chi connectivity index (χ3v) is 2.49. The molecule has 0 aliphatic rings. The standard InChI is InChI=1S/C9H10BrNO3/c10-5-2-1-3-7(12)9(5)6(11)4-8(13)14/h1-3,6,12H,4,11H2,(H,13,14). The lowest BCUT2D eigenvalue weighted by molar-refractivity contribution is -0.137. The minimum absolute atomic E-state index is 0.00752. The van der Waals surface area contributed by atoms with Crippen LogP contribution in [-0.2, 0) is 4.79 Å². The van der Waals surface area contributed by atoms with Gasteiger partial charge in [-0.25, -0.2) is 0 Å². The van der Waals surface area contributed by atoms with Gasteiger partial charge in [0, 0.05) is 16.1 Å². The van der Waals surface area contributed by atoms with E-state index in [1.807, 2.05) is 0 Å². The number of benzene rings is 1. The predicted molar refractivity (Wildman–Crippen MR) is 55.0 cm³/mol. The van der Waals surface area contributed by atoms with E-state index < -0.39 is 12.0 Å². The van der Waals surface area contributed by atoms with E-state index in [1.165, 1.54) is 6.07 Å². The van der Waals surface area contributed by atoms with E-state index in [-0.39, 0.29) is 12.2 Å². The summed E-state index contributed by atoms with van der Waals surface area (Å²) < 4.78 is 0.617. The smallest absolute Gasteiger partial charge is 0.305 e. The van der Waals surface area contributed by atoms with Crippen molar-refractivity contribution in [2.24, 2.45) is 5.73 Å². The summed E-state index contributed by atoms with van der Waals surface area (Å²) in [5.74, 6) is -0.985. The first-order valence-electron chi connectivity index (χ1n) is 3.97. The van der Waals surface area contributed by atoms with Crippen LogP contribution in [0, 0.1) is 0 Å². The molecule has 0 heterocycles. The topological polar surface area (TPSA) is 83.6 Å². The van der Waals surface area contributed by atoms with Crippen molar-refractivity contribution >= 4 is 21.9 Å². The predicted octanol–water partition coefficient (Wildman–Crippen LogP) is 1.63. The van der Waals surface area contributed by atoms with Gasteiger partial charge in [-0.2, -0.15) is 0 Å². The van der Waals surface area contributed by atoms with E-state index >= 15 is 0 Å². The van der Waals surface area contributed by atoms with Crippen molar-refractivity contribution in [3.8, 4) is 5.75 Å². The maximum absolute atomic E-state index is 10.4. The van der Waals surface area contributed by atoms with Gasteiger partial charge in [0.2, 0.25) is 0 Å². The second kappa shape index (κ2) is 4.43. The maximum Gasteiger partial charge on any atom is 0.305 e. The lowest BCUT2D eigenvalue weighted by atomic mass is 10.0. The highest BCUT2D eigenvalue weighted by Crippen LogP contribution is 2.31. The van der Waals surface area contributed by atoms with Crippen LogP contribution >= 0.6 is 15.9 Å². The molecular weight excluding hydrogens is 250 g/mol. The second-order valence-corrected chi connectivity index (χ2v) is 3.73. The Labute approximate surface area is 89.5 Å². The molecule has 0 amide bonds. The summed E-state index contributed by atoms with van der Waals surface area (Å²) in [5.41, 5.74) is 6.05. The molecule has 0 spiro atoms. The average Bonchev–Trinajstić information content (AvgIpc) is 2.01. The number of aromatic hydroxyl groups is 1. The van der Waals surface area contributed by atoms with Crippen LogP contribution in [0.3, 0.4) is 0 Å². The molecular formula is C9H10BrNO3. The van der Waals surface area contributed by atoms with Gasteiger partial charge in [-0.05, 0) is 12.1 Å². The molecule has 0 bridgehead atoms. The highest BCUT2D eigenvalue weighted by molar-refractivity contribution is 9.10. The van der Waals surface area contributed by atoms with Crippen molar-refractivity contribution < 1.29 is 15.0 Å². The monoisotopic (exact) mass is 259 g/mol. The Balaban J connectivity index is 2.99. The van der Waals surface area contributed by atoms with Crippen LogP contribution in [0.5, 0.6) is 5.75 Å². The quantitative estimate of drug-likeness (QED) is 0.771. The Morgan fingerprint density at radius 3 is 2.71 bits per heavy atom. The molecule has 0 saturated carbocycles. The lowest BCUT2D eigenvalue weighted by Crippen LogP contribution is -2.15. The number of carboxylic acid groups (broad SMARTS) is 1. The largest absolute Gasteiger partial charge is 0.508 e. The van der Waals surface area contributed by atoms with E-state index in [4.69, 9.17) is 10.8 Å². The van der Waals surface area contributed by atoms with Crippen molar-refractivity contribution in [2.45, 2.75) is 12.5 Å². The second-order valence-electron chi connectivity index (χ2n) is 2.88. The number of rotatable bonds is 3. The van der Waals surface area contributed by atoms with Crippen LogP contribution in [0.15, 0.2) is 22.7 Å². The number of phenolic OH excluding ortho intramolecular Hbond substituents is 1.